The van der Waals surface area contributed by atoms with Gasteiger partial charge in [0.2, 0.25) is 0 Å². The first-order valence-electron chi connectivity index (χ1n) is 6.01. The van der Waals surface area contributed by atoms with E-state index in [1.54, 1.807) is 7.11 Å². The van der Waals surface area contributed by atoms with Crippen molar-refractivity contribution in [2.45, 2.75) is 12.5 Å². The van der Waals surface area contributed by atoms with Crippen LogP contribution in [0.3, 0.4) is 0 Å². The van der Waals surface area contributed by atoms with Gasteiger partial charge in [0.05, 0.1) is 6.10 Å². The minimum Gasteiger partial charge on any atom is -0.492 e. The third-order valence-electron chi connectivity index (χ3n) is 3.10. The van der Waals surface area contributed by atoms with Gasteiger partial charge in [-0.3, -0.25) is 4.90 Å². The fraction of sp³-hybridized carbons (Fsp3) is 0.538. The second-order valence-corrected chi connectivity index (χ2v) is 4.37. The van der Waals surface area contributed by atoms with Crippen molar-refractivity contribution in [3.8, 4) is 5.75 Å². The molecule has 0 amide bonds. The Morgan fingerprint density at radius 3 is 3.06 bits per heavy atom. The van der Waals surface area contributed by atoms with Crippen LogP contribution in [0, 0.1) is 0 Å². The summed E-state index contributed by atoms with van der Waals surface area (Å²) in [5, 5.41) is 0. The average Bonchev–Trinajstić information content (AvgIpc) is 2.77. The van der Waals surface area contributed by atoms with Gasteiger partial charge in [-0.1, -0.05) is 6.07 Å². The molecule has 1 saturated heterocycles. The SMILES string of the molecule is COC1CCN(CCOc2cccc(N)c2)C1. The molecule has 0 aliphatic carbocycles. The lowest BCUT2D eigenvalue weighted by atomic mass is 10.3. The van der Waals surface area contributed by atoms with Crippen molar-refractivity contribution >= 4 is 5.69 Å². The highest BCUT2D eigenvalue weighted by Gasteiger charge is 2.21. The van der Waals surface area contributed by atoms with Crippen LogP contribution in [0.15, 0.2) is 24.3 Å². The van der Waals surface area contributed by atoms with E-state index >= 15 is 0 Å². The van der Waals surface area contributed by atoms with Crippen LogP contribution in [-0.2, 0) is 4.74 Å². The molecule has 1 aromatic carbocycles. The van der Waals surface area contributed by atoms with E-state index in [2.05, 4.69) is 4.90 Å². The van der Waals surface area contributed by atoms with E-state index in [0.717, 1.165) is 37.5 Å². The Morgan fingerprint density at radius 2 is 2.35 bits per heavy atom. The fourth-order valence-corrected chi connectivity index (χ4v) is 2.09. The number of anilines is 1. The molecule has 2 rings (SSSR count). The Balaban J connectivity index is 1.70. The van der Waals surface area contributed by atoms with E-state index in [1.807, 2.05) is 24.3 Å². The molecular weight excluding hydrogens is 216 g/mol. The fourth-order valence-electron chi connectivity index (χ4n) is 2.09. The summed E-state index contributed by atoms with van der Waals surface area (Å²) in [6.07, 6.45) is 1.51. The van der Waals surface area contributed by atoms with Crippen molar-refractivity contribution in [2.75, 3.05) is 39.1 Å². The first kappa shape index (κ1) is 12.2. The van der Waals surface area contributed by atoms with Crippen molar-refractivity contribution in [1.29, 1.82) is 0 Å². The maximum Gasteiger partial charge on any atom is 0.121 e. The zero-order valence-corrected chi connectivity index (χ0v) is 10.3. The molecule has 4 heteroatoms. The number of hydrogen-bond acceptors (Lipinski definition) is 4. The van der Waals surface area contributed by atoms with Crippen molar-refractivity contribution in [3.63, 3.8) is 0 Å². The predicted molar refractivity (Wildman–Crippen MR) is 68.2 cm³/mol. The molecule has 0 bridgehead atoms. The summed E-state index contributed by atoms with van der Waals surface area (Å²) in [5.41, 5.74) is 6.42. The van der Waals surface area contributed by atoms with E-state index < -0.39 is 0 Å². The lowest BCUT2D eigenvalue weighted by Gasteiger charge is -2.16. The molecule has 1 aromatic rings. The molecule has 1 atom stereocenters. The van der Waals surface area contributed by atoms with Crippen LogP contribution in [0.4, 0.5) is 5.69 Å². The Bertz CT molecular complexity index is 357. The molecule has 0 radical (unpaired) electrons. The number of likely N-dealkylation sites (tertiary alicyclic amines) is 1. The van der Waals surface area contributed by atoms with Gasteiger partial charge in [0.1, 0.15) is 12.4 Å². The van der Waals surface area contributed by atoms with Gasteiger partial charge in [0, 0.05) is 38.5 Å². The standard InChI is InChI=1S/C13H20N2O2/c1-16-13-5-6-15(10-13)7-8-17-12-4-2-3-11(14)9-12/h2-4,9,13H,5-8,10,14H2,1H3. The van der Waals surface area contributed by atoms with Crippen molar-refractivity contribution in [3.05, 3.63) is 24.3 Å². The normalized spacial score (nSPS) is 20.6. The third kappa shape index (κ3) is 3.61. The number of nitrogens with zero attached hydrogens (tertiary/aromatic N) is 1. The summed E-state index contributed by atoms with van der Waals surface area (Å²) in [6.45, 7) is 3.74. The quantitative estimate of drug-likeness (QED) is 0.784. The lowest BCUT2D eigenvalue weighted by molar-refractivity contribution is 0.106. The molecule has 1 aliphatic rings. The summed E-state index contributed by atoms with van der Waals surface area (Å²) in [4.78, 5) is 2.36. The Morgan fingerprint density at radius 1 is 1.47 bits per heavy atom. The number of hydrogen-bond donors (Lipinski definition) is 1. The smallest absolute Gasteiger partial charge is 0.121 e. The summed E-state index contributed by atoms with van der Waals surface area (Å²) in [6, 6.07) is 7.54. The number of benzene rings is 1. The number of ether oxygens (including phenoxy) is 2. The molecule has 1 fully saturated rings. The summed E-state index contributed by atoms with van der Waals surface area (Å²) >= 11 is 0. The topological polar surface area (TPSA) is 47.7 Å². The van der Waals surface area contributed by atoms with Gasteiger partial charge in [-0.2, -0.15) is 0 Å². The van der Waals surface area contributed by atoms with Gasteiger partial charge in [-0.25, -0.2) is 0 Å². The van der Waals surface area contributed by atoms with Crippen LogP contribution in [0.5, 0.6) is 5.75 Å². The Hall–Kier alpha value is -1.26. The summed E-state index contributed by atoms with van der Waals surface area (Å²) < 4.78 is 11.0. The molecule has 1 heterocycles. The molecule has 2 N–H and O–H groups in total. The van der Waals surface area contributed by atoms with Gasteiger partial charge < -0.3 is 15.2 Å². The molecule has 1 unspecified atom stereocenters. The first-order valence-corrected chi connectivity index (χ1v) is 6.01. The van der Waals surface area contributed by atoms with E-state index in [1.165, 1.54) is 0 Å². The number of nitrogens with two attached hydrogens (primary N) is 1. The molecule has 0 aromatic heterocycles. The second kappa shape index (κ2) is 5.89. The van der Waals surface area contributed by atoms with Crippen LogP contribution in [0.25, 0.3) is 0 Å². The van der Waals surface area contributed by atoms with Crippen LogP contribution >= 0.6 is 0 Å². The molecule has 94 valence electrons. The van der Waals surface area contributed by atoms with Crippen LogP contribution in [0.2, 0.25) is 0 Å². The highest BCUT2D eigenvalue weighted by atomic mass is 16.5. The van der Waals surface area contributed by atoms with Gasteiger partial charge >= 0.3 is 0 Å². The van der Waals surface area contributed by atoms with Crippen LogP contribution in [-0.4, -0.2) is 44.4 Å². The molecule has 0 spiro atoms. The van der Waals surface area contributed by atoms with Crippen molar-refractivity contribution in [1.82, 2.24) is 4.90 Å². The minimum atomic E-state index is 0.391. The molecule has 17 heavy (non-hydrogen) atoms. The average molecular weight is 236 g/mol. The number of nitrogen functional groups attached to an aromatic ring is 1. The highest BCUT2D eigenvalue weighted by Crippen LogP contribution is 2.15. The van der Waals surface area contributed by atoms with E-state index in [0.29, 0.717) is 12.7 Å². The molecule has 0 saturated carbocycles. The third-order valence-corrected chi connectivity index (χ3v) is 3.10. The van der Waals surface area contributed by atoms with E-state index in [9.17, 15) is 0 Å². The van der Waals surface area contributed by atoms with Gasteiger partial charge in [0.15, 0.2) is 0 Å². The van der Waals surface area contributed by atoms with Gasteiger partial charge in [-0.05, 0) is 18.6 Å². The van der Waals surface area contributed by atoms with Crippen LogP contribution < -0.4 is 10.5 Å². The van der Waals surface area contributed by atoms with Crippen LogP contribution in [0.1, 0.15) is 6.42 Å². The molecule has 4 nitrogen and oxygen atoms in total. The predicted octanol–water partition coefficient (Wildman–Crippen LogP) is 1.37. The zero-order valence-electron chi connectivity index (χ0n) is 10.3. The zero-order chi connectivity index (χ0) is 12.1. The van der Waals surface area contributed by atoms with Gasteiger partial charge in [0.25, 0.3) is 0 Å². The second-order valence-electron chi connectivity index (χ2n) is 4.37. The lowest BCUT2D eigenvalue weighted by Crippen LogP contribution is -2.27. The maximum absolute atomic E-state index is 5.68. The summed E-state index contributed by atoms with van der Waals surface area (Å²) in [7, 11) is 1.78. The highest BCUT2D eigenvalue weighted by molar-refractivity contribution is 5.43. The summed E-state index contributed by atoms with van der Waals surface area (Å²) in [5.74, 6) is 0.840. The number of rotatable bonds is 5. The largest absolute Gasteiger partial charge is 0.492 e. The number of methoxy groups -OCH3 is 1. The molecular formula is C13H20N2O2. The van der Waals surface area contributed by atoms with Crippen molar-refractivity contribution in [2.24, 2.45) is 0 Å². The minimum absolute atomic E-state index is 0.391. The monoisotopic (exact) mass is 236 g/mol. The van der Waals surface area contributed by atoms with Crippen molar-refractivity contribution < 1.29 is 9.47 Å². The molecule has 1 aliphatic heterocycles. The Kier molecular flexibility index (Phi) is 4.23. The maximum atomic E-state index is 5.68. The van der Waals surface area contributed by atoms with E-state index in [-0.39, 0.29) is 0 Å². The first-order chi connectivity index (χ1) is 8.28. The van der Waals surface area contributed by atoms with E-state index in [4.69, 9.17) is 15.2 Å². The Labute approximate surface area is 102 Å². The van der Waals surface area contributed by atoms with Gasteiger partial charge in [-0.15, -0.1) is 0 Å².